The zero-order valence-corrected chi connectivity index (χ0v) is 13.1. The number of nitrogens with zero attached hydrogens (tertiary/aromatic N) is 2. The lowest BCUT2D eigenvalue weighted by Crippen LogP contribution is -2.38. The lowest BCUT2D eigenvalue weighted by molar-refractivity contribution is 0.109. The molecule has 2 unspecified atom stereocenters. The number of H-pyrrole nitrogens is 1. The van der Waals surface area contributed by atoms with Crippen LogP contribution in [0.4, 0.5) is 0 Å². The van der Waals surface area contributed by atoms with Crippen molar-refractivity contribution in [2.24, 2.45) is 0 Å². The number of aliphatic hydroxyl groups excluding tert-OH is 1. The van der Waals surface area contributed by atoms with Crippen molar-refractivity contribution < 1.29 is 5.11 Å². The van der Waals surface area contributed by atoms with E-state index in [-0.39, 0.29) is 0 Å². The molecule has 0 saturated carbocycles. The van der Waals surface area contributed by atoms with E-state index in [9.17, 15) is 5.11 Å². The first-order chi connectivity index (χ1) is 10.2. The molecule has 0 aliphatic carbocycles. The van der Waals surface area contributed by atoms with Crippen molar-refractivity contribution in [1.29, 1.82) is 0 Å². The van der Waals surface area contributed by atoms with Gasteiger partial charge in [0.15, 0.2) is 0 Å². The predicted molar refractivity (Wildman–Crippen MR) is 85.6 cm³/mol. The molecule has 1 aromatic heterocycles. The largest absolute Gasteiger partial charge is 0.388 e. The topological polar surface area (TPSA) is 52.1 Å². The first-order valence-corrected chi connectivity index (χ1v) is 8.08. The normalized spacial score (nSPS) is 21.8. The molecule has 21 heavy (non-hydrogen) atoms. The van der Waals surface area contributed by atoms with Gasteiger partial charge >= 0.3 is 0 Å². The minimum Gasteiger partial charge on any atom is -0.388 e. The summed E-state index contributed by atoms with van der Waals surface area (Å²) in [5.41, 5.74) is 1.70. The fourth-order valence-corrected chi connectivity index (χ4v) is 3.53. The van der Waals surface area contributed by atoms with E-state index in [4.69, 9.17) is 11.6 Å². The molecule has 0 amide bonds. The number of nitrogens with one attached hydrogen (secondary N) is 1. The second kappa shape index (κ2) is 6.34. The van der Waals surface area contributed by atoms with E-state index in [1.807, 2.05) is 12.1 Å². The SMILES string of the molecule is CC1CCCCN1CCC(O)c1ccc2[nH]ncc2c1Cl. The van der Waals surface area contributed by atoms with Crippen LogP contribution in [0.5, 0.6) is 0 Å². The number of fused-ring (bicyclic) bond motifs is 1. The Morgan fingerprint density at radius 1 is 1.48 bits per heavy atom. The molecule has 2 heterocycles. The van der Waals surface area contributed by atoms with Crippen LogP contribution in [0, 0.1) is 0 Å². The second-order valence-electron chi connectivity index (χ2n) is 5.99. The average Bonchev–Trinajstić information content (AvgIpc) is 2.96. The smallest absolute Gasteiger partial charge is 0.0816 e. The number of aromatic nitrogens is 2. The summed E-state index contributed by atoms with van der Waals surface area (Å²) < 4.78 is 0. The van der Waals surface area contributed by atoms with E-state index >= 15 is 0 Å². The number of halogens is 1. The molecule has 2 aromatic rings. The van der Waals surface area contributed by atoms with E-state index < -0.39 is 6.10 Å². The van der Waals surface area contributed by atoms with Crippen molar-refractivity contribution in [3.63, 3.8) is 0 Å². The van der Waals surface area contributed by atoms with Crippen LogP contribution in [-0.2, 0) is 0 Å². The number of aromatic amines is 1. The molecule has 0 radical (unpaired) electrons. The highest BCUT2D eigenvalue weighted by atomic mass is 35.5. The molecule has 114 valence electrons. The molecular formula is C16H22ClN3O. The molecule has 5 heteroatoms. The minimum absolute atomic E-state index is 0.522. The monoisotopic (exact) mass is 307 g/mol. The van der Waals surface area contributed by atoms with Crippen molar-refractivity contribution in [3.8, 4) is 0 Å². The summed E-state index contributed by atoms with van der Waals surface area (Å²) in [5.74, 6) is 0. The van der Waals surface area contributed by atoms with Gasteiger partial charge in [-0.25, -0.2) is 0 Å². The summed E-state index contributed by atoms with van der Waals surface area (Å²) in [7, 11) is 0. The molecule has 0 spiro atoms. The van der Waals surface area contributed by atoms with Gasteiger partial charge in [-0.3, -0.25) is 5.10 Å². The van der Waals surface area contributed by atoms with Crippen LogP contribution in [0.3, 0.4) is 0 Å². The maximum absolute atomic E-state index is 10.5. The Labute approximate surface area is 130 Å². The van der Waals surface area contributed by atoms with Gasteiger partial charge in [0.25, 0.3) is 0 Å². The zero-order chi connectivity index (χ0) is 14.8. The average molecular weight is 308 g/mol. The van der Waals surface area contributed by atoms with Gasteiger partial charge in [-0.1, -0.05) is 24.1 Å². The quantitative estimate of drug-likeness (QED) is 0.909. The van der Waals surface area contributed by atoms with Crippen LogP contribution in [0.15, 0.2) is 18.3 Å². The molecule has 0 bridgehead atoms. The summed E-state index contributed by atoms with van der Waals surface area (Å²) >= 11 is 6.39. The third-order valence-corrected chi connectivity index (χ3v) is 5.00. The Kier molecular flexibility index (Phi) is 4.48. The van der Waals surface area contributed by atoms with Crippen molar-refractivity contribution in [1.82, 2.24) is 15.1 Å². The summed E-state index contributed by atoms with van der Waals surface area (Å²) in [5, 5.41) is 18.8. The number of hydrogen-bond acceptors (Lipinski definition) is 3. The Hall–Kier alpha value is -1.10. The number of rotatable bonds is 4. The highest BCUT2D eigenvalue weighted by Gasteiger charge is 2.20. The molecular weight excluding hydrogens is 286 g/mol. The van der Waals surface area contributed by atoms with Crippen LogP contribution in [0.1, 0.15) is 44.3 Å². The van der Waals surface area contributed by atoms with Crippen LogP contribution < -0.4 is 0 Å². The van der Waals surface area contributed by atoms with Crippen molar-refractivity contribution in [3.05, 3.63) is 28.9 Å². The van der Waals surface area contributed by atoms with E-state index in [1.54, 1.807) is 6.20 Å². The Balaban J connectivity index is 1.68. The summed E-state index contributed by atoms with van der Waals surface area (Å²) in [6, 6.07) is 4.45. The minimum atomic E-state index is -0.522. The Morgan fingerprint density at radius 3 is 3.14 bits per heavy atom. The van der Waals surface area contributed by atoms with Gasteiger partial charge in [-0.2, -0.15) is 5.10 Å². The summed E-state index contributed by atoms with van der Waals surface area (Å²) in [6.45, 7) is 4.33. The molecule has 3 rings (SSSR count). The van der Waals surface area contributed by atoms with Gasteiger partial charge in [0.05, 0.1) is 22.8 Å². The molecule has 1 aliphatic heterocycles. The number of hydrogen-bond donors (Lipinski definition) is 2. The van der Waals surface area contributed by atoms with Gasteiger partial charge < -0.3 is 10.0 Å². The summed E-state index contributed by atoms with van der Waals surface area (Å²) in [6.07, 6.45) is 5.75. The fraction of sp³-hybridized carbons (Fsp3) is 0.562. The number of piperidine rings is 1. The zero-order valence-electron chi connectivity index (χ0n) is 12.3. The molecule has 2 N–H and O–H groups in total. The van der Waals surface area contributed by atoms with Gasteiger partial charge in [0.1, 0.15) is 0 Å². The van der Waals surface area contributed by atoms with E-state index in [0.29, 0.717) is 17.5 Å². The summed E-state index contributed by atoms with van der Waals surface area (Å²) in [4.78, 5) is 2.47. The number of likely N-dealkylation sites (tertiary alicyclic amines) is 1. The number of benzene rings is 1. The van der Waals surface area contributed by atoms with E-state index in [1.165, 1.54) is 19.3 Å². The Bertz CT molecular complexity index is 613. The third kappa shape index (κ3) is 3.07. The van der Waals surface area contributed by atoms with Gasteiger partial charge in [-0.05, 0) is 44.4 Å². The fourth-order valence-electron chi connectivity index (χ4n) is 3.19. The standard InChI is InChI=1S/C16H22ClN3O/c1-11-4-2-3-8-20(11)9-7-15(21)12-5-6-14-13(16(12)17)10-18-19-14/h5-6,10-11,15,21H,2-4,7-9H2,1H3,(H,18,19). The van der Waals surface area contributed by atoms with E-state index in [0.717, 1.165) is 29.6 Å². The van der Waals surface area contributed by atoms with Crippen LogP contribution in [-0.4, -0.2) is 39.3 Å². The number of aliphatic hydroxyl groups is 1. The van der Waals surface area contributed by atoms with Crippen LogP contribution in [0.25, 0.3) is 10.9 Å². The predicted octanol–water partition coefficient (Wildman–Crippen LogP) is 3.51. The Morgan fingerprint density at radius 2 is 2.33 bits per heavy atom. The maximum Gasteiger partial charge on any atom is 0.0816 e. The highest BCUT2D eigenvalue weighted by Crippen LogP contribution is 2.32. The van der Waals surface area contributed by atoms with Crippen molar-refractivity contribution in [2.45, 2.75) is 44.8 Å². The van der Waals surface area contributed by atoms with E-state index in [2.05, 4.69) is 22.0 Å². The van der Waals surface area contributed by atoms with Gasteiger partial charge in [0.2, 0.25) is 0 Å². The van der Waals surface area contributed by atoms with Gasteiger partial charge in [-0.15, -0.1) is 0 Å². The molecule has 1 aromatic carbocycles. The lowest BCUT2D eigenvalue weighted by Gasteiger charge is -2.33. The molecule has 1 saturated heterocycles. The first-order valence-electron chi connectivity index (χ1n) is 7.70. The second-order valence-corrected chi connectivity index (χ2v) is 6.36. The van der Waals surface area contributed by atoms with Crippen LogP contribution in [0.2, 0.25) is 5.02 Å². The molecule has 1 fully saturated rings. The first kappa shape index (κ1) is 14.8. The lowest BCUT2D eigenvalue weighted by atomic mass is 10.0. The van der Waals surface area contributed by atoms with Crippen LogP contribution >= 0.6 is 11.6 Å². The van der Waals surface area contributed by atoms with Crippen molar-refractivity contribution in [2.75, 3.05) is 13.1 Å². The molecule has 1 aliphatic rings. The molecule has 2 atom stereocenters. The third-order valence-electron chi connectivity index (χ3n) is 4.58. The molecule has 4 nitrogen and oxygen atoms in total. The highest BCUT2D eigenvalue weighted by molar-refractivity contribution is 6.36. The maximum atomic E-state index is 10.5. The van der Waals surface area contributed by atoms with Crippen molar-refractivity contribution >= 4 is 22.5 Å². The van der Waals surface area contributed by atoms with Gasteiger partial charge in [0, 0.05) is 18.0 Å².